The Hall–Kier alpha value is -1.69. The molecule has 3 rings (SSSR count). The molecule has 0 saturated carbocycles. The summed E-state index contributed by atoms with van der Waals surface area (Å²) in [5.74, 6) is -0.496. The van der Waals surface area contributed by atoms with E-state index in [1.165, 1.54) is 25.5 Å². The molecule has 1 N–H and O–H groups in total. The van der Waals surface area contributed by atoms with Gasteiger partial charge in [-0.25, -0.2) is 14.8 Å². The van der Waals surface area contributed by atoms with Gasteiger partial charge < -0.3 is 10.0 Å². The number of nitrogens with zero attached hydrogens (tertiary/aromatic N) is 4. The molecule has 6 heteroatoms. The molecule has 108 valence electrons. The zero-order valence-corrected chi connectivity index (χ0v) is 11.7. The normalized spacial score (nSPS) is 27.1. The lowest BCUT2D eigenvalue weighted by Gasteiger charge is -2.48. The minimum absolute atomic E-state index is 0.0589. The lowest BCUT2D eigenvalue weighted by Crippen LogP contribution is -2.59. The van der Waals surface area contributed by atoms with E-state index < -0.39 is 5.97 Å². The number of hydrogen-bond donors (Lipinski definition) is 1. The fourth-order valence-corrected chi connectivity index (χ4v) is 3.34. The van der Waals surface area contributed by atoms with E-state index in [0.717, 1.165) is 19.6 Å². The zero-order valence-electron chi connectivity index (χ0n) is 11.7. The Morgan fingerprint density at radius 1 is 1.30 bits per heavy atom. The number of carbonyl (C=O) groups is 1. The van der Waals surface area contributed by atoms with E-state index in [9.17, 15) is 9.90 Å². The number of anilines is 1. The molecule has 0 aliphatic carbocycles. The Morgan fingerprint density at radius 2 is 2.10 bits per heavy atom. The molecule has 0 aromatic carbocycles. The van der Waals surface area contributed by atoms with Gasteiger partial charge in [-0.2, -0.15) is 0 Å². The maximum atomic E-state index is 11.3. The lowest BCUT2D eigenvalue weighted by molar-refractivity contribution is 0.0689. The van der Waals surface area contributed by atoms with Gasteiger partial charge in [0.2, 0.25) is 0 Å². The molecule has 2 fully saturated rings. The summed E-state index contributed by atoms with van der Waals surface area (Å²) in [5, 5.41) is 9.28. The molecular formula is C14H20N4O2. The van der Waals surface area contributed by atoms with E-state index >= 15 is 0 Å². The summed E-state index contributed by atoms with van der Waals surface area (Å²) in [5.41, 5.74) is 0.0589. The Balaban J connectivity index is 1.88. The zero-order chi connectivity index (χ0) is 14.1. The average molecular weight is 276 g/mol. The van der Waals surface area contributed by atoms with Crippen LogP contribution in [0, 0.1) is 0 Å². The fraction of sp³-hybridized carbons (Fsp3) is 0.643. The van der Waals surface area contributed by atoms with Crippen molar-refractivity contribution in [2.45, 2.75) is 38.3 Å². The molecule has 20 heavy (non-hydrogen) atoms. The predicted octanol–water partition coefficient (Wildman–Crippen LogP) is 1.24. The van der Waals surface area contributed by atoms with Crippen LogP contribution in [0.3, 0.4) is 0 Å². The highest BCUT2D eigenvalue weighted by Crippen LogP contribution is 2.28. The third kappa shape index (κ3) is 2.35. The second-order valence-electron chi connectivity index (χ2n) is 5.68. The van der Waals surface area contributed by atoms with Crippen molar-refractivity contribution in [2.24, 2.45) is 0 Å². The van der Waals surface area contributed by atoms with Gasteiger partial charge in [-0.1, -0.05) is 6.42 Å². The third-order valence-electron chi connectivity index (χ3n) is 4.34. The van der Waals surface area contributed by atoms with E-state index in [-0.39, 0.29) is 11.7 Å². The molecule has 2 saturated heterocycles. The highest BCUT2D eigenvalue weighted by Gasteiger charge is 2.35. The van der Waals surface area contributed by atoms with Crippen LogP contribution in [0.15, 0.2) is 12.4 Å². The summed E-state index contributed by atoms with van der Waals surface area (Å²) in [6.45, 7) is 5.11. The third-order valence-corrected chi connectivity index (χ3v) is 4.34. The van der Waals surface area contributed by atoms with Gasteiger partial charge in [0.25, 0.3) is 0 Å². The monoisotopic (exact) mass is 276 g/mol. The first-order chi connectivity index (χ1) is 9.66. The summed E-state index contributed by atoms with van der Waals surface area (Å²) in [7, 11) is 0. The second kappa shape index (κ2) is 5.36. The lowest BCUT2D eigenvalue weighted by atomic mass is 9.97. The number of carboxylic acids is 1. The van der Waals surface area contributed by atoms with Crippen LogP contribution in [0.25, 0.3) is 0 Å². The van der Waals surface area contributed by atoms with E-state index in [2.05, 4.69) is 26.7 Å². The maximum Gasteiger partial charge on any atom is 0.358 e. The molecule has 0 radical (unpaired) electrons. The Labute approximate surface area is 118 Å². The minimum Gasteiger partial charge on any atom is -0.476 e. The van der Waals surface area contributed by atoms with E-state index in [1.807, 2.05) is 0 Å². The van der Waals surface area contributed by atoms with E-state index in [0.29, 0.717) is 11.9 Å². The van der Waals surface area contributed by atoms with Gasteiger partial charge >= 0.3 is 5.97 Å². The van der Waals surface area contributed by atoms with Crippen molar-refractivity contribution in [3.8, 4) is 0 Å². The van der Waals surface area contributed by atoms with Crippen LogP contribution in [0.1, 0.15) is 36.7 Å². The quantitative estimate of drug-likeness (QED) is 0.876. The van der Waals surface area contributed by atoms with Crippen molar-refractivity contribution in [2.75, 3.05) is 24.5 Å². The van der Waals surface area contributed by atoms with Gasteiger partial charge in [-0.3, -0.25) is 4.90 Å². The first kappa shape index (κ1) is 13.3. The molecule has 3 heterocycles. The number of aromatic nitrogens is 2. The van der Waals surface area contributed by atoms with Crippen molar-refractivity contribution >= 4 is 11.8 Å². The van der Waals surface area contributed by atoms with E-state index in [4.69, 9.17) is 0 Å². The van der Waals surface area contributed by atoms with Gasteiger partial charge in [0.1, 0.15) is 0 Å². The molecule has 2 atom stereocenters. The second-order valence-corrected chi connectivity index (χ2v) is 5.68. The Bertz CT molecular complexity index is 508. The van der Waals surface area contributed by atoms with E-state index in [1.54, 1.807) is 6.20 Å². The largest absolute Gasteiger partial charge is 0.476 e. The molecule has 1 aromatic rings. The van der Waals surface area contributed by atoms with Crippen LogP contribution in [0.2, 0.25) is 0 Å². The highest BCUT2D eigenvalue weighted by molar-refractivity contribution is 5.91. The molecule has 2 aliphatic heterocycles. The average Bonchev–Trinajstić information content (AvgIpc) is 2.46. The van der Waals surface area contributed by atoms with Crippen molar-refractivity contribution in [3.63, 3.8) is 0 Å². The van der Waals surface area contributed by atoms with Crippen LogP contribution in [-0.2, 0) is 0 Å². The standard InChI is InChI=1S/C14H20N4O2/c1-10-8-17-7-3-2-4-11(17)9-18(10)13-12(14(19)20)15-5-6-16-13/h5-6,10-11H,2-4,7-9H2,1H3,(H,19,20). The maximum absolute atomic E-state index is 11.3. The van der Waals surface area contributed by atoms with Crippen LogP contribution >= 0.6 is 0 Å². The summed E-state index contributed by atoms with van der Waals surface area (Å²) in [6, 6.07) is 0.780. The first-order valence-corrected chi connectivity index (χ1v) is 7.22. The van der Waals surface area contributed by atoms with Gasteiger partial charge in [0, 0.05) is 37.6 Å². The van der Waals surface area contributed by atoms with Crippen LogP contribution in [-0.4, -0.2) is 57.7 Å². The molecule has 0 spiro atoms. The summed E-state index contributed by atoms with van der Waals surface area (Å²) in [4.78, 5) is 24.2. The summed E-state index contributed by atoms with van der Waals surface area (Å²) < 4.78 is 0. The number of aromatic carboxylic acids is 1. The topological polar surface area (TPSA) is 69.6 Å². The molecule has 1 aromatic heterocycles. The van der Waals surface area contributed by atoms with Gasteiger partial charge in [0.15, 0.2) is 11.5 Å². The Kier molecular flexibility index (Phi) is 3.56. The predicted molar refractivity (Wildman–Crippen MR) is 75.0 cm³/mol. The molecule has 6 nitrogen and oxygen atoms in total. The molecule has 2 unspecified atom stereocenters. The van der Waals surface area contributed by atoms with Crippen LogP contribution in [0.4, 0.5) is 5.82 Å². The molecular weight excluding hydrogens is 256 g/mol. The summed E-state index contributed by atoms with van der Waals surface area (Å²) in [6.07, 6.45) is 6.73. The number of hydrogen-bond acceptors (Lipinski definition) is 5. The number of rotatable bonds is 2. The van der Waals surface area contributed by atoms with Crippen LogP contribution in [0.5, 0.6) is 0 Å². The smallest absolute Gasteiger partial charge is 0.358 e. The highest BCUT2D eigenvalue weighted by atomic mass is 16.4. The molecule has 0 bridgehead atoms. The van der Waals surface area contributed by atoms with Crippen molar-refractivity contribution < 1.29 is 9.90 Å². The van der Waals surface area contributed by atoms with Gasteiger partial charge in [-0.05, 0) is 26.3 Å². The number of fused-ring (bicyclic) bond motifs is 1. The number of carboxylic acid groups (broad SMARTS) is 1. The van der Waals surface area contributed by atoms with Gasteiger partial charge in [-0.15, -0.1) is 0 Å². The Morgan fingerprint density at radius 3 is 2.90 bits per heavy atom. The van der Waals surface area contributed by atoms with Crippen molar-refractivity contribution in [1.82, 2.24) is 14.9 Å². The number of piperidine rings is 1. The van der Waals surface area contributed by atoms with Crippen LogP contribution < -0.4 is 4.90 Å². The van der Waals surface area contributed by atoms with Crippen molar-refractivity contribution in [1.29, 1.82) is 0 Å². The fourth-order valence-electron chi connectivity index (χ4n) is 3.34. The molecule has 2 aliphatic rings. The minimum atomic E-state index is -1.01. The van der Waals surface area contributed by atoms with Gasteiger partial charge in [0.05, 0.1) is 0 Å². The summed E-state index contributed by atoms with van der Waals surface area (Å²) >= 11 is 0. The number of piperazine rings is 1. The SMILES string of the molecule is CC1CN2CCCCC2CN1c1nccnc1C(=O)O. The first-order valence-electron chi connectivity index (χ1n) is 7.22. The van der Waals surface area contributed by atoms with Crippen molar-refractivity contribution in [3.05, 3.63) is 18.1 Å². The molecule has 0 amide bonds.